The van der Waals surface area contributed by atoms with Crippen molar-refractivity contribution in [2.24, 2.45) is 5.92 Å². The third-order valence-electron chi connectivity index (χ3n) is 3.43. The zero-order valence-electron chi connectivity index (χ0n) is 10.7. The molecule has 19 heavy (non-hydrogen) atoms. The molecule has 1 heterocycles. The SMILES string of the molecule is COc1c(NC2CCC(C(=O)O)CC2)nc[nH]c1=O. The first-order chi connectivity index (χ1) is 9.11. The number of methoxy groups -OCH3 is 1. The molecule has 0 bridgehead atoms. The summed E-state index contributed by atoms with van der Waals surface area (Å²) >= 11 is 0. The molecule has 1 fully saturated rings. The second kappa shape index (κ2) is 5.73. The summed E-state index contributed by atoms with van der Waals surface area (Å²) in [5.74, 6) is -0.426. The zero-order valence-corrected chi connectivity index (χ0v) is 10.7. The molecule has 1 aliphatic carbocycles. The Morgan fingerprint density at radius 2 is 2.16 bits per heavy atom. The Labute approximate surface area is 110 Å². The highest BCUT2D eigenvalue weighted by Crippen LogP contribution is 2.27. The van der Waals surface area contributed by atoms with E-state index in [1.54, 1.807) is 0 Å². The number of carboxylic acid groups (broad SMARTS) is 1. The van der Waals surface area contributed by atoms with Crippen molar-refractivity contribution in [1.82, 2.24) is 9.97 Å². The van der Waals surface area contributed by atoms with Crippen LogP contribution >= 0.6 is 0 Å². The highest BCUT2D eigenvalue weighted by atomic mass is 16.5. The monoisotopic (exact) mass is 267 g/mol. The smallest absolute Gasteiger partial charge is 0.306 e. The molecule has 0 unspecified atom stereocenters. The van der Waals surface area contributed by atoms with Gasteiger partial charge in [-0.1, -0.05) is 0 Å². The number of hydrogen-bond acceptors (Lipinski definition) is 5. The number of nitrogens with one attached hydrogen (secondary N) is 2. The molecule has 0 spiro atoms. The maximum Gasteiger partial charge on any atom is 0.306 e. The minimum absolute atomic E-state index is 0.124. The third-order valence-corrected chi connectivity index (χ3v) is 3.43. The molecule has 1 aliphatic rings. The number of rotatable bonds is 4. The van der Waals surface area contributed by atoms with E-state index in [4.69, 9.17) is 9.84 Å². The average molecular weight is 267 g/mol. The Bertz CT molecular complexity index is 506. The predicted molar refractivity (Wildman–Crippen MR) is 68.4 cm³/mol. The second-order valence-electron chi connectivity index (χ2n) is 4.64. The molecular weight excluding hydrogens is 250 g/mol. The summed E-state index contributed by atoms with van der Waals surface area (Å²) in [4.78, 5) is 28.9. The van der Waals surface area contributed by atoms with Gasteiger partial charge < -0.3 is 20.1 Å². The van der Waals surface area contributed by atoms with Crippen LogP contribution in [0.2, 0.25) is 0 Å². The summed E-state index contributed by atoms with van der Waals surface area (Å²) in [6.45, 7) is 0. The standard InChI is InChI=1S/C12H17N3O4/c1-19-9-10(13-6-14-11(9)16)15-8-4-2-7(3-5-8)12(17)18/h6-8H,2-5H2,1H3,(H,17,18)(H2,13,14,15,16). The van der Waals surface area contributed by atoms with Crippen LogP contribution in [0.3, 0.4) is 0 Å². The molecular formula is C12H17N3O4. The van der Waals surface area contributed by atoms with Gasteiger partial charge in [-0.3, -0.25) is 9.59 Å². The van der Waals surface area contributed by atoms with Gasteiger partial charge in [0, 0.05) is 6.04 Å². The van der Waals surface area contributed by atoms with E-state index in [-0.39, 0.29) is 23.3 Å². The molecule has 7 heteroatoms. The van der Waals surface area contributed by atoms with Crippen LogP contribution < -0.4 is 15.6 Å². The first-order valence-electron chi connectivity index (χ1n) is 6.23. The van der Waals surface area contributed by atoms with Crippen LogP contribution in [0.15, 0.2) is 11.1 Å². The fourth-order valence-electron chi connectivity index (χ4n) is 2.36. The van der Waals surface area contributed by atoms with Gasteiger partial charge in [-0.05, 0) is 25.7 Å². The number of nitrogens with zero attached hydrogens (tertiary/aromatic N) is 1. The van der Waals surface area contributed by atoms with Gasteiger partial charge in [-0.15, -0.1) is 0 Å². The lowest BCUT2D eigenvalue weighted by molar-refractivity contribution is -0.142. The van der Waals surface area contributed by atoms with Gasteiger partial charge in [0.05, 0.1) is 19.4 Å². The van der Waals surface area contributed by atoms with E-state index in [0.29, 0.717) is 18.7 Å². The number of H-pyrrole nitrogens is 1. The lowest BCUT2D eigenvalue weighted by Gasteiger charge is -2.27. The molecule has 0 aliphatic heterocycles. The summed E-state index contributed by atoms with van der Waals surface area (Å²) in [6, 6.07) is 0.124. The molecule has 7 nitrogen and oxygen atoms in total. The van der Waals surface area contributed by atoms with Crippen LogP contribution in [0.1, 0.15) is 25.7 Å². The Morgan fingerprint density at radius 1 is 1.47 bits per heavy atom. The van der Waals surface area contributed by atoms with E-state index in [0.717, 1.165) is 12.8 Å². The van der Waals surface area contributed by atoms with Crippen molar-refractivity contribution in [1.29, 1.82) is 0 Å². The highest BCUT2D eigenvalue weighted by molar-refractivity contribution is 5.70. The Morgan fingerprint density at radius 3 is 2.74 bits per heavy atom. The van der Waals surface area contributed by atoms with Crippen molar-refractivity contribution in [3.8, 4) is 5.75 Å². The number of aliphatic carboxylic acids is 1. The predicted octanol–water partition coefficient (Wildman–Crippen LogP) is 0.834. The number of aromatic nitrogens is 2. The van der Waals surface area contributed by atoms with Crippen molar-refractivity contribution in [2.45, 2.75) is 31.7 Å². The van der Waals surface area contributed by atoms with Gasteiger partial charge in [0.1, 0.15) is 0 Å². The van der Waals surface area contributed by atoms with E-state index >= 15 is 0 Å². The van der Waals surface area contributed by atoms with Crippen LogP contribution in [-0.4, -0.2) is 34.2 Å². The highest BCUT2D eigenvalue weighted by Gasteiger charge is 2.26. The molecule has 2 rings (SSSR count). The second-order valence-corrected chi connectivity index (χ2v) is 4.64. The van der Waals surface area contributed by atoms with Gasteiger partial charge in [0.25, 0.3) is 5.56 Å². The third kappa shape index (κ3) is 3.04. The molecule has 0 amide bonds. The van der Waals surface area contributed by atoms with E-state index < -0.39 is 5.97 Å². The van der Waals surface area contributed by atoms with Gasteiger partial charge in [-0.25, -0.2) is 4.98 Å². The molecule has 0 aromatic carbocycles. The Balaban J connectivity index is 2.02. The van der Waals surface area contributed by atoms with E-state index in [2.05, 4.69) is 15.3 Å². The van der Waals surface area contributed by atoms with Crippen molar-refractivity contribution < 1.29 is 14.6 Å². The van der Waals surface area contributed by atoms with Gasteiger partial charge >= 0.3 is 5.97 Å². The van der Waals surface area contributed by atoms with Crippen LogP contribution in [0.4, 0.5) is 5.82 Å². The van der Waals surface area contributed by atoms with Crippen LogP contribution in [0.5, 0.6) is 5.75 Å². The Kier molecular flexibility index (Phi) is 4.03. The Hall–Kier alpha value is -2.05. The molecule has 0 radical (unpaired) electrons. The minimum Gasteiger partial charge on any atom is -0.489 e. The number of carbonyl (C=O) groups is 1. The minimum atomic E-state index is -0.731. The van der Waals surface area contributed by atoms with E-state index in [9.17, 15) is 9.59 Å². The molecule has 0 atom stereocenters. The number of carboxylic acids is 1. The maximum absolute atomic E-state index is 11.5. The van der Waals surface area contributed by atoms with Crippen LogP contribution in [-0.2, 0) is 4.79 Å². The van der Waals surface area contributed by atoms with Gasteiger partial charge in [-0.2, -0.15) is 0 Å². The molecule has 1 aromatic heterocycles. The average Bonchev–Trinajstić information content (AvgIpc) is 2.39. The first kappa shape index (κ1) is 13.4. The molecule has 3 N–H and O–H groups in total. The lowest BCUT2D eigenvalue weighted by Crippen LogP contribution is -2.30. The summed E-state index contributed by atoms with van der Waals surface area (Å²) in [6.07, 6.45) is 4.08. The first-order valence-corrected chi connectivity index (χ1v) is 6.23. The van der Waals surface area contributed by atoms with Crippen molar-refractivity contribution >= 4 is 11.8 Å². The zero-order chi connectivity index (χ0) is 13.8. The van der Waals surface area contributed by atoms with Crippen LogP contribution in [0.25, 0.3) is 0 Å². The summed E-state index contributed by atoms with van der Waals surface area (Å²) in [5, 5.41) is 12.1. The van der Waals surface area contributed by atoms with Crippen molar-refractivity contribution in [3.63, 3.8) is 0 Å². The topological polar surface area (TPSA) is 104 Å². The van der Waals surface area contributed by atoms with Crippen LogP contribution in [0, 0.1) is 5.92 Å². The fraction of sp³-hybridized carbons (Fsp3) is 0.583. The number of anilines is 1. The quantitative estimate of drug-likeness (QED) is 0.746. The number of hydrogen-bond donors (Lipinski definition) is 3. The lowest BCUT2D eigenvalue weighted by atomic mass is 9.86. The van der Waals surface area contributed by atoms with Gasteiger partial charge in [0.2, 0.25) is 5.75 Å². The molecule has 104 valence electrons. The maximum atomic E-state index is 11.5. The largest absolute Gasteiger partial charge is 0.489 e. The number of aromatic amines is 1. The van der Waals surface area contributed by atoms with E-state index in [1.807, 2.05) is 0 Å². The molecule has 1 aromatic rings. The summed E-state index contributed by atoms with van der Waals surface area (Å²) in [7, 11) is 1.42. The van der Waals surface area contributed by atoms with Crippen molar-refractivity contribution in [3.05, 3.63) is 16.7 Å². The van der Waals surface area contributed by atoms with E-state index in [1.165, 1.54) is 13.4 Å². The molecule has 1 saturated carbocycles. The normalized spacial score (nSPS) is 22.8. The van der Waals surface area contributed by atoms with Gasteiger partial charge in [0.15, 0.2) is 5.82 Å². The fourth-order valence-corrected chi connectivity index (χ4v) is 2.36. The molecule has 0 saturated heterocycles. The van der Waals surface area contributed by atoms with Crippen molar-refractivity contribution in [2.75, 3.05) is 12.4 Å². The summed E-state index contributed by atoms with van der Waals surface area (Å²) in [5.41, 5.74) is -0.334. The number of ether oxygens (including phenoxy) is 1. The summed E-state index contributed by atoms with van der Waals surface area (Å²) < 4.78 is 5.01.